The first kappa shape index (κ1) is 23.1. The van der Waals surface area contributed by atoms with Gasteiger partial charge >= 0.3 is 0 Å². The lowest BCUT2D eigenvalue weighted by Crippen LogP contribution is -2.36. The summed E-state index contributed by atoms with van der Waals surface area (Å²) in [4.78, 5) is 0. The maximum absolute atomic E-state index is 10.1. The summed E-state index contributed by atoms with van der Waals surface area (Å²) < 4.78 is 0. The molecule has 3 rings (SSSR count). The predicted molar refractivity (Wildman–Crippen MR) is 126 cm³/mol. The molecule has 0 amide bonds. The van der Waals surface area contributed by atoms with E-state index in [-0.39, 0.29) is 0 Å². The van der Waals surface area contributed by atoms with Gasteiger partial charge in [0.15, 0.2) is 0 Å². The van der Waals surface area contributed by atoms with Gasteiger partial charge in [-0.05, 0) is 107 Å². The first-order valence-corrected chi connectivity index (χ1v) is 12.7. The average molecular weight is 401 g/mol. The second-order valence-corrected chi connectivity index (χ2v) is 12.0. The normalized spacial score (nSPS) is 39.7. The fourth-order valence-electron chi connectivity index (χ4n) is 7.06. The van der Waals surface area contributed by atoms with Gasteiger partial charge in [0.1, 0.15) is 0 Å². The van der Waals surface area contributed by atoms with Gasteiger partial charge in [-0.25, -0.2) is 0 Å². The van der Waals surface area contributed by atoms with Crippen LogP contribution in [0.3, 0.4) is 0 Å². The second-order valence-electron chi connectivity index (χ2n) is 12.0. The number of allylic oxidation sites excluding steroid dienone is 4. The third-order valence-corrected chi connectivity index (χ3v) is 9.18. The summed E-state index contributed by atoms with van der Waals surface area (Å²) in [5.74, 6) is 4.21. The first-order chi connectivity index (χ1) is 13.6. The van der Waals surface area contributed by atoms with E-state index in [9.17, 15) is 5.11 Å². The van der Waals surface area contributed by atoms with E-state index in [0.29, 0.717) is 5.41 Å². The van der Waals surface area contributed by atoms with Gasteiger partial charge in [-0.2, -0.15) is 0 Å². The largest absolute Gasteiger partial charge is 0.390 e. The number of aliphatic hydroxyl groups is 1. The van der Waals surface area contributed by atoms with Gasteiger partial charge in [-0.15, -0.1) is 0 Å². The Morgan fingerprint density at radius 1 is 1.10 bits per heavy atom. The molecule has 6 atom stereocenters. The molecule has 0 heterocycles. The number of rotatable bonds is 6. The van der Waals surface area contributed by atoms with Crippen molar-refractivity contribution in [3.8, 4) is 0 Å². The SMILES string of the molecule is CC1CC/C(=C/C=C2\CCCC3(C)C2CCC3C(C)CCCC(C)(C)O)CC1C. The van der Waals surface area contributed by atoms with E-state index in [4.69, 9.17) is 0 Å². The van der Waals surface area contributed by atoms with Crippen LogP contribution in [-0.2, 0) is 0 Å². The highest BCUT2D eigenvalue weighted by atomic mass is 16.3. The number of hydrogen-bond donors (Lipinski definition) is 1. The fraction of sp³-hybridized carbons (Fsp3) is 0.857. The highest BCUT2D eigenvalue weighted by Crippen LogP contribution is 2.60. The molecule has 0 aromatic heterocycles. The van der Waals surface area contributed by atoms with Gasteiger partial charge in [0.05, 0.1) is 5.60 Å². The molecule has 3 aliphatic carbocycles. The predicted octanol–water partition coefficient (Wildman–Crippen LogP) is 8.09. The van der Waals surface area contributed by atoms with Crippen molar-refractivity contribution in [3.63, 3.8) is 0 Å². The van der Waals surface area contributed by atoms with Gasteiger partial charge in [-0.3, -0.25) is 0 Å². The zero-order valence-electron chi connectivity index (χ0n) is 20.3. The zero-order chi connectivity index (χ0) is 21.2. The Balaban J connectivity index is 1.65. The summed E-state index contributed by atoms with van der Waals surface area (Å²) in [6, 6.07) is 0. The lowest BCUT2D eigenvalue weighted by atomic mass is 9.60. The molecule has 0 aromatic carbocycles. The zero-order valence-corrected chi connectivity index (χ0v) is 20.3. The molecule has 3 aliphatic rings. The summed E-state index contributed by atoms with van der Waals surface area (Å²) in [6.07, 6.45) is 19.4. The van der Waals surface area contributed by atoms with Crippen LogP contribution in [0.4, 0.5) is 0 Å². The number of hydrogen-bond acceptors (Lipinski definition) is 1. The Morgan fingerprint density at radius 3 is 2.55 bits per heavy atom. The van der Waals surface area contributed by atoms with Crippen molar-refractivity contribution in [2.45, 2.75) is 118 Å². The van der Waals surface area contributed by atoms with Crippen LogP contribution in [0.1, 0.15) is 112 Å². The van der Waals surface area contributed by atoms with Crippen LogP contribution < -0.4 is 0 Å². The van der Waals surface area contributed by atoms with Crippen LogP contribution in [0, 0.1) is 35.0 Å². The fourth-order valence-corrected chi connectivity index (χ4v) is 7.06. The molecule has 0 bridgehead atoms. The van der Waals surface area contributed by atoms with Crippen LogP contribution in [0.15, 0.2) is 23.3 Å². The van der Waals surface area contributed by atoms with Gasteiger partial charge in [0.2, 0.25) is 0 Å². The summed E-state index contributed by atoms with van der Waals surface area (Å²) in [7, 11) is 0. The Hall–Kier alpha value is -0.560. The van der Waals surface area contributed by atoms with E-state index < -0.39 is 5.60 Å². The van der Waals surface area contributed by atoms with Crippen LogP contribution in [0.25, 0.3) is 0 Å². The van der Waals surface area contributed by atoms with Crippen molar-refractivity contribution in [3.05, 3.63) is 23.3 Å². The molecular weight excluding hydrogens is 352 g/mol. The van der Waals surface area contributed by atoms with Crippen LogP contribution in [-0.4, -0.2) is 10.7 Å². The average Bonchev–Trinajstić information content (AvgIpc) is 2.99. The van der Waals surface area contributed by atoms with E-state index in [0.717, 1.165) is 42.4 Å². The molecule has 1 nitrogen and oxygen atoms in total. The van der Waals surface area contributed by atoms with E-state index in [1.807, 2.05) is 13.8 Å². The highest BCUT2D eigenvalue weighted by molar-refractivity contribution is 5.25. The third-order valence-electron chi connectivity index (χ3n) is 9.18. The summed E-state index contributed by atoms with van der Waals surface area (Å²) in [5, 5.41) is 10.1. The van der Waals surface area contributed by atoms with E-state index in [1.165, 1.54) is 57.8 Å². The third kappa shape index (κ3) is 5.57. The molecule has 0 spiro atoms. The molecule has 0 aliphatic heterocycles. The Kier molecular flexibility index (Phi) is 7.40. The van der Waals surface area contributed by atoms with Crippen molar-refractivity contribution in [2.24, 2.45) is 35.0 Å². The quantitative estimate of drug-likeness (QED) is 0.477. The Bertz CT molecular complexity index is 606. The van der Waals surface area contributed by atoms with Crippen molar-refractivity contribution >= 4 is 0 Å². The van der Waals surface area contributed by atoms with Crippen molar-refractivity contribution < 1.29 is 5.11 Å². The minimum absolute atomic E-state index is 0.505. The Labute approximate surface area is 181 Å². The molecule has 6 unspecified atom stereocenters. The lowest BCUT2D eigenvalue weighted by Gasteiger charge is -2.44. The van der Waals surface area contributed by atoms with Crippen LogP contribution in [0.5, 0.6) is 0 Å². The summed E-state index contributed by atoms with van der Waals surface area (Å²) in [6.45, 7) is 13.9. The first-order valence-electron chi connectivity index (χ1n) is 12.7. The molecule has 0 aromatic rings. The Morgan fingerprint density at radius 2 is 1.86 bits per heavy atom. The van der Waals surface area contributed by atoms with E-state index in [1.54, 1.807) is 11.1 Å². The molecule has 3 saturated carbocycles. The monoisotopic (exact) mass is 400 g/mol. The van der Waals surface area contributed by atoms with Gasteiger partial charge < -0.3 is 5.11 Å². The number of fused-ring (bicyclic) bond motifs is 1. The van der Waals surface area contributed by atoms with Crippen molar-refractivity contribution in [1.82, 2.24) is 0 Å². The highest BCUT2D eigenvalue weighted by Gasteiger charge is 2.50. The summed E-state index contributed by atoms with van der Waals surface area (Å²) in [5.41, 5.74) is 3.46. The van der Waals surface area contributed by atoms with Crippen LogP contribution >= 0.6 is 0 Å². The van der Waals surface area contributed by atoms with Gasteiger partial charge in [-0.1, -0.05) is 63.8 Å². The molecule has 3 fully saturated rings. The molecule has 1 heteroatoms. The van der Waals surface area contributed by atoms with Crippen molar-refractivity contribution in [1.29, 1.82) is 0 Å². The molecular formula is C28H48O. The minimum atomic E-state index is -0.509. The van der Waals surface area contributed by atoms with E-state index >= 15 is 0 Å². The molecule has 0 saturated heterocycles. The molecule has 166 valence electrons. The maximum atomic E-state index is 10.1. The standard InChI is InChI=1S/C28H48O/c1-20-11-12-23(19-22(20)3)13-14-24-10-8-18-28(6)25(15-16-26(24)28)21(2)9-7-17-27(4,5)29/h13-14,20-22,25-26,29H,7-12,15-19H2,1-6H3/b23-13-,24-14+. The topological polar surface area (TPSA) is 20.2 Å². The van der Waals surface area contributed by atoms with Gasteiger partial charge in [0.25, 0.3) is 0 Å². The van der Waals surface area contributed by atoms with Crippen molar-refractivity contribution in [2.75, 3.05) is 0 Å². The van der Waals surface area contributed by atoms with Crippen LogP contribution in [0.2, 0.25) is 0 Å². The van der Waals surface area contributed by atoms with Gasteiger partial charge in [0, 0.05) is 0 Å². The maximum Gasteiger partial charge on any atom is 0.0591 e. The molecule has 29 heavy (non-hydrogen) atoms. The summed E-state index contributed by atoms with van der Waals surface area (Å²) >= 11 is 0. The minimum Gasteiger partial charge on any atom is -0.390 e. The second kappa shape index (κ2) is 9.29. The molecule has 1 N–H and O–H groups in total. The lowest BCUT2D eigenvalue weighted by molar-refractivity contribution is 0.0597. The van der Waals surface area contributed by atoms with E-state index in [2.05, 4.69) is 39.8 Å². The molecule has 0 radical (unpaired) electrons. The smallest absolute Gasteiger partial charge is 0.0591 e.